The number of nitrogens with zero attached hydrogens (tertiary/aromatic N) is 4. The predicted octanol–water partition coefficient (Wildman–Crippen LogP) is 3.20. The number of rotatable bonds is 6. The molecule has 0 unspecified atom stereocenters. The molecule has 2 aromatic heterocycles. The summed E-state index contributed by atoms with van der Waals surface area (Å²) in [5.74, 6) is 1.12. The van der Waals surface area contributed by atoms with Gasteiger partial charge in [-0.15, -0.1) is 11.3 Å². The Kier molecular flexibility index (Phi) is 6.18. The SMILES string of the molecule is CCc1cnc(CNC(=NC)NCc2ccc(-n3ccnc3C)c(F)c2)s1. The normalized spacial score (nSPS) is 11.6. The van der Waals surface area contributed by atoms with Gasteiger partial charge in [-0.25, -0.2) is 14.4 Å². The number of hydrogen-bond acceptors (Lipinski definition) is 4. The largest absolute Gasteiger partial charge is 0.352 e. The number of guanidine groups is 1. The minimum atomic E-state index is -0.284. The lowest BCUT2D eigenvalue weighted by atomic mass is 10.2. The summed E-state index contributed by atoms with van der Waals surface area (Å²) >= 11 is 1.69. The van der Waals surface area contributed by atoms with Crippen LogP contribution in [0.3, 0.4) is 0 Å². The Morgan fingerprint density at radius 2 is 2.07 bits per heavy atom. The second-order valence-electron chi connectivity index (χ2n) is 5.98. The standard InChI is InChI=1S/C19H23FN6S/c1-4-15-11-23-18(27-15)12-25-19(21-3)24-10-14-5-6-17(16(20)9-14)26-8-7-22-13(26)2/h5-9,11H,4,10,12H2,1-3H3,(H2,21,24,25). The molecule has 0 saturated heterocycles. The molecule has 3 rings (SSSR count). The van der Waals surface area contributed by atoms with Gasteiger partial charge in [0, 0.05) is 37.1 Å². The summed E-state index contributed by atoms with van der Waals surface area (Å²) in [6.45, 7) is 5.04. The first-order valence-corrected chi connectivity index (χ1v) is 9.59. The lowest BCUT2D eigenvalue weighted by Crippen LogP contribution is -2.36. The van der Waals surface area contributed by atoms with Crippen LogP contribution in [0.4, 0.5) is 4.39 Å². The number of thiazole rings is 1. The first kappa shape index (κ1) is 19.0. The lowest BCUT2D eigenvalue weighted by molar-refractivity contribution is 0.613. The average molecular weight is 387 g/mol. The van der Waals surface area contributed by atoms with Crippen molar-refractivity contribution in [2.24, 2.45) is 4.99 Å². The first-order valence-electron chi connectivity index (χ1n) is 8.77. The van der Waals surface area contributed by atoms with Crippen LogP contribution in [0.1, 0.15) is 28.2 Å². The summed E-state index contributed by atoms with van der Waals surface area (Å²) in [5, 5.41) is 7.44. The van der Waals surface area contributed by atoms with E-state index in [9.17, 15) is 4.39 Å². The van der Waals surface area contributed by atoms with Crippen LogP contribution in [0.15, 0.2) is 41.8 Å². The van der Waals surface area contributed by atoms with E-state index in [0.29, 0.717) is 24.7 Å². The van der Waals surface area contributed by atoms with Crippen LogP contribution in [0.2, 0.25) is 0 Å². The lowest BCUT2D eigenvalue weighted by Gasteiger charge is -2.12. The zero-order chi connectivity index (χ0) is 19.2. The number of aryl methyl sites for hydroxylation is 2. The molecule has 0 saturated carbocycles. The molecule has 0 radical (unpaired) electrons. The Balaban J connectivity index is 1.58. The minimum Gasteiger partial charge on any atom is -0.352 e. The third-order valence-corrected chi connectivity index (χ3v) is 5.28. The van der Waals surface area contributed by atoms with Gasteiger partial charge in [0.15, 0.2) is 5.96 Å². The maximum absolute atomic E-state index is 14.5. The maximum atomic E-state index is 14.5. The molecule has 3 aromatic rings. The number of hydrogen-bond donors (Lipinski definition) is 2. The zero-order valence-electron chi connectivity index (χ0n) is 15.7. The molecule has 0 amide bonds. The van der Waals surface area contributed by atoms with Gasteiger partial charge in [0.2, 0.25) is 0 Å². The number of aliphatic imine (C=N–C) groups is 1. The van der Waals surface area contributed by atoms with Crippen LogP contribution in [0.25, 0.3) is 5.69 Å². The zero-order valence-corrected chi connectivity index (χ0v) is 16.5. The van der Waals surface area contributed by atoms with Crippen molar-refractivity contribution in [3.05, 3.63) is 63.9 Å². The van der Waals surface area contributed by atoms with E-state index in [1.807, 2.05) is 19.2 Å². The molecule has 0 aliphatic heterocycles. The van der Waals surface area contributed by atoms with Crippen molar-refractivity contribution >= 4 is 17.3 Å². The molecule has 6 nitrogen and oxygen atoms in total. The number of benzene rings is 1. The molecule has 0 aliphatic carbocycles. The topological polar surface area (TPSA) is 67.1 Å². The van der Waals surface area contributed by atoms with Crippen LogP contribution in [-0.2, 0) is 19.5 Å². The Morgan fingerprint density at radius 3 is 2.70 bits per heavy atom. The minimum absolute atomic E-state index is 0.284. The van der Waals surface area contributed by atoms with Gasteiger partial charge in [-0.1, -0.05) is 13.0 Å². The molecule has 0 atom stereocenters. The van der Waals surface area contributed by atoms with Crippen LogP contribution in [-0.4, -0.2) is 27.5 Å². The Bertz CT molecular complexity index is 930. The molecule has 1 aromatic carbocycles. The summed E-state index contributed by atoms with van der Waals surface area (Å²) in [7, 11) is 1.71. The summed E-state index contributed by atoms with van der Waals surface area (Å²) in [4.78, 5) is 14.0. The third-order valence-electron chi connectivity index (χ3n) is 4.14. The average Bonchev–Trinajstić information content (AvgIpc) is 3.31. The van der Waals surface area contributed by atoms with Crippen LogP contribution in [0, 0.1) is 12.7 Å². The molecule has 27 heavy (non-hydrogen) atoms. The van der Waals surface area contributed by atoms with Crippen molar-refractivity contribution in [2.75, 3.05) is 7.05 Å². The highest BCUT2D eigenvalue weighted by molar-refractivity contribution is 7.11. The fourth-order valence-corrected chi connectivity index (χ4v) is 3.45. The highest BCUT2D eigenvalue weighted by Gasteiger charge is 2.08. The molecular formula is C19H23FN6S. The van der Waals surface area contributed by atoms with Gasteiger partial charge >= 0.3 is 0 Å². The summed E-state index contributed by atoms with van der Waals surface area (Å²) in [5.41, 5.74) is 1.33. The van der Waals surface area contributed by atoms with Gasteiger partial charge in [0.25, 0.3) is 0 Å². The molecule has 0 fully saturated rings. The Labute approximate surface area is 162 Å². The second kappa shape index (κ2) is 8.77. The summed E-state index contributed by atoms with van der Waals surface area (Å²) < 4.78 is 16.2. The van der Waals surface area contributed by atoms with Crippen LogP contribution >= 0.6 is 11.3 Å². The molecule has 2 heterocycles. The van der Waals surface area contributed by atoms with E-state index in [-0.39, 0.29) is 5.82 Å². The highest BCUT2D eigenvalue weighted by Crippen LogP contribution is 2.17. The fourth-order valence-electron chi connectivity index (χ4n) is 2.65. The fraction of sp³-hybridized carbons (Fsp3) is 0.316. The Morgan fingerprint density at radius 1 is 1.26 bits per heavy atom. The molecule has 0 spiro atoms. The van der Waals surface area contributed by atoms with E-state index in [4.69, 9.17) is 0 Å². The van der Waals surface area contributed by atoms with Crippen molar-refractivity contribution in [3.8, 4) is 5.69 Å². The van der Waals surface area contributed by atoms with Crippen molar-refractivity contribution < 1.29 is 4.39 Å². The number of aromatic nitrogens is 3. The van der Waals surface area contributed by atoms with Crippen molar-refractivity contribution in [3.63, 3.8) is 0 Å². The molecule has 2 N–H and O–H groups in total. The van der Waals surface area contributed by atoms with Gasteiger partial charge < -0.3 is 15.2 Å². The van der Waals surface area contributed by atoms with Crippen LogP contribution in [0.5, 0.6) is 0 Å². The van der Waals surface area contributed by atoms with E-state index < -0.39 is 0 Å². The first-order chi connectivity index (χ1) is 13.1. The quantitative estimate of drug-likeness (QED) is 0.504. The smallest absolute Gasteiger partial charge is 0.191 e. The molecule has 142 valence electrons. The van der Waals surface area contributed by atoms with Gasteiger partial charge in [-0.05, 0) is 31.0 Å². The van der Waals surface area contributed by atoms with Crippen molar-refractivity contribution in [1.29, 1.82) is 0 Å². The van der Waals surface area contributed by atoms with Gasteiger partial charge in [0.05, 0.1) is 12.2 Å². The molecule has 0 aliphatic rings. The van der Waals surface area contributed by atoms with Crippen LogP contribution < -0.4 is 10.6 Å². The van der Waals surface area contributed by atoms with E-state index >= 15 is 0 Å². The molecular weight excluding hydrogens is 363 g/mol. The molecule has 0 bridgehead atoms. The van der Waals surface area contributed by atoms with Gasteiger partial charge in [-0.2, -0.15) is 0 Å². The predicted molar refractivity (Wildman–Crippen MR) is 107 cm³/mol. The molecule has 8 heteroatoms. The van der Waals surface area contributed by atoms with E-state index in [1.165, 1.54) is 10.9 Å². The third kappa shape index (κ3) is 4.71. The van der Waals surface area contributed by atoms with E-state index in [2.05, 4.69) is 32.5 Å². The summed E-state index contributed by atoms with van der Waals surface area (Å²) in [6, 6.07) is 5.19. The second-order valence-corrected chi connectivity index (χ2v) is 7.18. The Hall–Kier alpha value is -2.74. The number of nitrogens with one attached hydrogen (secondary N) is 2. The van der Waals surface area contributed by atoms with E-state index in [1.54, 1.807) is 41.4 Å². The number of imidazole rings is 1. The van der Waals surface area contributed by atoms with Crippen molar-refractivity contribution in [1.82, 2.24) is 25.2 Å². The number of halogens is 1. The summed E-state index contributed by atoms with van der Waals surface area (Å²) in [6.07, 6.45) is 6.31. The monoisotopic (exact) mass is 386 g/mol. The highest BCUT2D eigenvalue weighted by atomic mass is 32.1. The maximum Gasteiger partial charge on any atom is 0.191 e. The van der Waals surface area contributed by atoms with Gasteiger partial charge in [-0.3, -0.25) is 4.99 Å². The van der Waals surface area contributed by atoms with Gasteiger partial charge in [0.1, 0.15) is 16.6 Å². The van der Waals surface area contributed by atoms with Crippen molar-refractivity contribution in [2.45, 2.75) is 33.4 Å². The van der Waals surface area contributed by atoms with E-state index in [0.717, 1.165) is 22.8 Å².